The summed E-state index contributed by atoms with van der Waals surface area (Å²) >= 11 is 0. The smallest absolute Gasteiger partial charge is 0.318 e. The zero-order valence-corrected chi connectivity index (χ0v) is 11.3. The molecular weight excluding hydrogens is 248 g/mol. The number of amides is 2. The Hall–Kier alpha value is -1.59. The normalized spacial score (nSPS) is 27.5. The Morgan fingerprint density at radius 3 is 2.68 bits per heavy atom. The van der Waals surface area contributed by atoms with Gasteiger partial charge in [0.25, 0.3) is 0 Å². The number of carbonyl (C=O) groups is 3. The van der Waals surface area contributed by atoms with Gasteiger partial charge in [-0.3, -0.25) is 14.4 Å². The molecule has 2 fully saturated rings. The zero-order chi connectivity index (χ0) is 14.2. The molecule has 0 spiro atoms. The topological polar surface area (TPSA) is 86.7 Å². The summed E-state index contributed by atoms with van der Waals surface area (Å²) in [6.07, 6.45) is 1.97. The predicted octanol–water partition coefficient (Wildman–Crippen LogP) is 0.224. The van der Waals surface area contributed by atoms with E-state index in [2.05, 4.69) is 5.32 Å². The molecule has 0 aliphatic carbocycles. The molecule has 6 nitrogen and oxygen atoms in total. The number of aliphatic carboxylic acids is 1. The third-order valence-corrected chi connectivity index (χ3v) is 4.18. The number of rotatable bonds is 2. The molecule has 0 saturated carbocycles. The summed E-state index contributed by atoms with van der Waals surface area (Å²) in [5.41, 5.74) is -1.38. The Labute approximate surface area is 112 Å². The second-order valence-corrected chi connectivity index (χ2v) is 5.94. The van der Waals surface area contributed by atoms with E-state index < -0.39 is 11.4 Å². The van der Waals surface area contributed by atoms with E-state index in [1.807, 2.05) is 0 Å². The van der Waals surface area contributed by atoms with Crippen LogP contribution in [-0.2, 0) is 14.4 Å². The minimum absolute atomic E-state index is 0.0758. The predicted molar refractivity (Wildman–Crippen MR) is 67.3 cm³/mol. The molecule has 2 aliphatic rings. The molecule has 2 unspecified atom stereocenters. The first kappa shape index (κ1) is 13.8. The molecule has 2 saturated heterocycles. The molecule has 6 heteroatoms. The monoisotopic (exact) mass is 268 g/mol. The van der Waals surface area contributed by atoms with Gasteiger partial charge >= 0.3 is 5.97 Å². The number of nitrogens with one attached hydrogen (secondary N) is 1. The molecule has 2 heterocycles. The molecule has 0 radical (unpaired) electrons. The first-order valence-electron chi connectivity index (χ1n) is 6.64. The van der Waals surface area contributed by atoms with E-state index in [0.717, 1.165) is 6.42 Å². The lowest BCUT2D eigenvalue weighted by atomic mass is 9.83. The Bertz CT molecular complexity index is 419. The van der Waals surface area contributed by atoms with Crippen LogP contribution in [0.1, 0.15) is 33.1 Å². The van der Waals surface area contributed by atoms with Crippen molar-refractivity contribution >= 4 is 17.8 Å². The van der Waals surface area contributed by atoms with Gasteiger partial charge in [0.1, 0.15) is 5.41 Å². The highest BCUT2D eigenvalue weighted by Crippen LogP contribution is 2.28. The third kappa shape index (κ3) is 2.57. The average molecular weight is 268 g/mol. The molecule has 2 amide bonds. The molecule has 0 aromatic carbocycles. The van der Waals surface area contributed by atoms with E-state index in [1.54, 1.807) is 4.90 Å². The Balaban J connectivity index is 2.03. The van der Waals surface area contributed by atoms with Crippen molar-refractivity contribution in [2.45, 2.75) is 39.2 Å². The van der Waals surface area contributed by atoms with Gasteiger partial charge in [-0.25, -0.2) is 0 Å². The number of hydrogen-bond donors (Lipinski definition) is 2. The molecule has 0 aromatic rings. The van der Waals surface area contributed by atoms with Gasteiger partial charge in [0.15, 0.2) is 0 Å². The van der Waals surface area contributed by atoms with E-state index >= 15 is 0 Å². The van der Waals surface area contributed by atoms with Crippen LogP contribution in [-0.4, -0.2) is 46.9 Å². The largest absolute Gasteiger partial charge is 0.480 e. The maximum absolute atomic E-state index is 12.3. The van der Waals surface area contributed by atoms with E-state index in [1.165, 1.54) is 13.8 Å². The summed E-state index contributed by atoms with van der Waals surface area (Å²) in [6.45, 7) is 3.93. The van der Waals surface area contributed by atoms with E-state index in [9.17, 15) is 14.4 Å². The van der Waals surface area contributed by atoms with E-state index in [4.69, 9.17) is 5.11 Å². The van der Waals surface area contributed by atoms with Crippen LogP contribution in [0.15, 0.2) is 0 Å². The fourth-order valence-corrected chi connectivity index (χ4v) is 2.78. The minimum atomic E-state index is -1.38. The van der Waals surface area contributed by atoms with Gasteiger partial charge in [-0.05, 0) is 32.6 Å². The average Bonchev–Trinajstić information content (AvgIpc) is 2.37. The van der Waals surface area contributed by atoms with Crippen molar-refractivity contribution in [3.8, 4) is 0 Å². The van der Waals surface area contributed by atoms with Crippen molar-refractivity contribution in [2.24, 2.45) is 11.3 Å². The van der Waals surface area contributed by atoms with E-state index in [-0.39, 0.29) is 23.8 Å². The number of piperidine rings is 2. The van der Waals surface area contributed by atoms with Crippen molar-refractivity contribution < 1.29 is 19.5 Å². The fourth-order valence-electron chi connectivity index (χ4n) is 2.78. The van der Waals surface area contributed by atoms with Crippen LogP contribution >= 0.6 is 0 Å². The van der Waals surface area contributed by atoms with Crippen molar-refractivity contribution in [2.75, 3.05) is 13.1 Å². The molecule has 19 heavy (non-hydrogen) atoms. The second-order valence-electron chi connectivity index (χ2n) is 5.94. The SMILES string of the molecule is CC(C)(C(=O)O)C(=O)N1CCC2NC(=O)CCC2C1. The number of hydrogen-bond acceptors (Lipinski definition) is 3. The number of fused-ring (bicyclic) bond motifs is 1. The highest BCUT2D eigenvalue weighted by atomic mass is 16.4. The van der Waals surface area contributed by atoms with Gasteiger partial charge in [-0.2, -0.15) is 0 Å². The maximum Gasteiger partial charge on any atom is 0.318 e. The Kier molecular flexibility index (Phi) is 3.52. The van der Waals surface area contributed by atoms with Gasteiger partial charge in [-0.1, -0.05) is 0 Å². The quantitative estimate of drug-likeness (QED) is 0.702. The summed E-state index contributed by atoms with van der Waals surface area (Å²) in [7, 11) is 0. The van der Waals surface area contributed by atoms with Crippen LogP contribution in [0.5, 0.6) is 0 Å². The van der Waals surface area contributed by atoms with Crippen LogP contribution in [0, 0.1) is 11.3 Å². The third-order valence-electron chi connectivity index (χ3n) is 4.18. The van der Waals surface area contributed by atoms with Gasteiger partial charge < -0.3 is 15.3 Å². The van der Waals surface area contributed by atoms with Crippen molar-refractivity contribution in [3.63, 3.8) is 0 Å². The summed E-state index contributed by atoms with van der Waals surface area (Å²) in [4.78, 5) is 36.3. The Morgan fingerprint density at radius 1 is 1.37 bits per heavy atom. The first-order valence-corrected chi connectivity index (χ1v) is 6.64. The van der Waals surface area contributed by atoms with Crippen LogP contribution in [0.25, 0.3) is 0 Å². The van der Waals surface area contributed by atoms with Crippen molar-refractivity contribution in [3.05, 3.63) is 0 Å². The first-order chi connectivity index (χ1) is 8.82. The fraction of sp³-hybridized carbons (Fsp3) is 0.769. The van der Waals surface area contributed by atoms with Crippen LogP contribution < -0.4 is 5.32 Å². The summed E-state index contributed by atoms with van der Waals surface area (Å²) in [5, 5.41) is 12.1. The number of carboxylic acid groups (broad SMARTS) is 1. The molecule has 2 atom stereocenters. The van der Waals surface area contributed by atoms with Crippen molar-refractivity contribution in [1.82, 2.24) is 10.2 Å². The van der Waals surface area contributed by atoms with Crippen LogP contribution in [0.2, 0.25) is 0 Å². The summed E-state index contributed by atoms with van der Waals surface area (Å²) < 4.78 is 0. The standard InChI is InChI=1S/C13H20N2O4/c1-13(2,12(18)19)11(17)15-6-5-9-8(7-15)3-4-10(16)14-9/h8-9H,3-7H2,1-2H3,(H,14,16)(H,18,19). The molecule has 0 aromatic heterocycles. The second kappa shape index (κ2) is 4.83. The summed E-state index contributed by atoms with van der Waals surface area (Å²) in [6, 6.07) is 0.137. The number of likely N-dealkylation sites (tertiary alicyclic amines) is 1. The van der Waals surface area contributed by atoms with Gasteiger partial charge in [0.05, 0.1) is 0 Å². The lowest BCUT2D eigenvalue weighted by Gasteiger charge is -2.42. The van der Waals surface area contributed by atoms with Crippen molar-refractivity contribution in [1.29, 1.82) is 0 Å². The lowest BCUT2D eigenvalue weighted by Crippen LogP contribution is -2.57. The number of carboxylic acids is 1. The molecule has 0 bridgehead atoms. The zero-order valence-electron chi connectivity index (χ0n) is 11.3. The van der Waals surface area contributed by atoms with Gasteiger partial charge in [0, 0.05) is 25.6 Å². The minimum Gasteiger partial charge on any atom is -0.480 e. The molecule has 2 rings (SSSR count). The van der Waals surface area contributed by atoms with Crippen LogP contribution in [0.3, 0.4) is 0 Å². The highest BCUT2D eigenvalue weighted by molar-refractivity contribution is 6.01. The number of carbonyl (C=O) groups excluding carboxylic acids is 2. The molecular formula is C13H20N2O4. The maximum atomic E-state index is 12.3. The van der Waals surface area contributed by atoms with Gasteiger partial charge in [-0.15, -0.1) is 0 Å². The molecule has 106 valence electrons. The molecule has 2 aliphatic heterocycles. The van der Waals surface area contributed by atoms with E-state index in [0.29, 0.717) is 25.9 Å². The lowest BCUT2D eigenvalue weighted by molar-refractivity contribution is -0.159. The number of nitrogens with zero attached hydrogens (tertiary/aromatic N) is 1. The molecule has 2 N–H and O–H groups in total. The summed E-state index contributed by atoms with van der Waals surface area (Å²) in [5.74, 6) is -1.11. The van der Waals surface area contributed by atoms with Gasteiger partial charge in [0.2, 0.25) is 11.8 Å². The Morgan fingerprint density at radius 2 is 2.05 bits per heavy atom. The van der Waals surface area contributed by atoms with Crippen LogP contribution in [0.4, 0.5) is 0 Å². The highest BCUT2D eigenvalue weighted by Gasteiger charge is 2.43.